The first kappa shape index (κ1) is 17.0. The van der Waals surface area contributed by atoms with Gasteiger partial charge in [0.1, 0.15) is 0 Å². The van der Waals surface area contributed by atoms with Gasteiger partial charge in [0.05, 0.1) is 29.4 Å². The van der Waals surface area contributed by atoms with Crippen molar-refractivity contribution < 1.29 is 9.53 Å². The van der Waals surface area contributed by atoms with Crippen LogP contribution in [0.2, 0.25) is 5.15 Å². The minimum atomic E-state index is -0.655. The summed E-state index contributed by atoms with van der Waals surface area (Å²) < 4.78 is 8.14. The molecule has 0 fully saturated rings. The summed E-state index contributed by atoms with van der Waals surface area (Å²) in [7, 11) is 3.09. The van der Waals surface area contributed by atoms with Gasteiger partial charge < -0.3 is 19.2 Å². The molecule has 3 aromatic rings. The minimum absolute atomic E-state index is 0.0179. The molecule has 0 atom stereocenters. The number of aryl methyl sites for hydroxylation is 2. The SMILES string of the molecule is CCn1ccc2c(c(Nc3cc(Cl)nnc3C(=O)OC)cn2C)c1=O. The van der Waals surface area contributed by atoms with Crippen LogP contribution in [0.5, 0.6) is 0 Å². The molecule has 0 saturated heterocycles. The zero-order chi connectivity index (χ0) is 18.1. The Labute approximate surface area is 148 Å². The second-order valence-corrected chi connectivity index (χ2v) is 5.75. The summed E-state index contributed by atoms with van der Waals surface area (Å²) in [5.41, 5.74) is 1.47. The fraction of sp³-hybridized carbons (Fsp3) is 0.250. The summed E-state index contributed by atoms with van der Waals surface area (Å²) >= 11 is 5.90. The molecule has 9 heteroatoms. The highest BCUT2D eigenvalue weighted by Gasteiger charge is 2.18. The van der Waals surface area contributed by atoms with Crippen LogP contribution in [0, 0.1) is 0 Å². The molecule has 0 amide bonds. The third-order valence-corrected chi connectivity index (χ3v) is 4.05. The molecule has 0 radical (unpaired) electrons. The Balaban J connectivity index is 2.18. The average molecular weight is 362 g/mol. The van der Waals surface area contributed by atoms with Gasteiger partial charge in [-0.3, -0.25) is 4.79 Å². The van der Waals surface area contributed by atoms with Crippen molar-refractivity contribution in [2.24, 2.45) is 7.05 Å². The van der Waals surface area contributed by atoms with Gasteiger partial charge in [-0.25, -0.2) is 4.79 Å². The average Bonchev–Trinajstić information content (AvgIpc) is 2.91. The lowest BCUT2D eigenvalue weighted by atomic mass is 10.2. The molecule has 1 N–H and O–H groups in total. The number of aromatic nitrogens is 4. The van der Waals surface area contributed by atoms with Crippen molar-refractivity contribution in [2.45, 2.75) is 13.5 Å². The monoisotopic (exact) mass is 361 g/mol. The molecule has 0 bridgehead atoms. The molecular formula is C16H16ClN5O3. The predicted octanol–water partition coefficient (Wildman–Crippen LogP) is 2.33. The van der Waals surface area contributed by atoms with Crippen LogP contribution in [-0.2, 0) is 18.3 Å². The normalized spacial score (nSPS) is 10.9. The van der Waals surface area contributed by atoms with Crippen LogP contribution >= 0.6 is 11.6 Å². The number of hydrogen-bond acceptors (Lipinski definition) is 6. The summed E-state index contributed by atoms with van der Waals surface area (Å²) in [6, 6.07) is 3.32. The minimum Gasteiger partial charge on any atom is -0.464 e. The molecule has 25 heavy (non-hydrogen) atoms. The Morgan fingerprint density at radius 1 is 1.36 bits per heavy atom. The third-order valence-electron chi connectivity index (χ3n) is 3.87. The predicted molar refractivity (Wildman–Crippen MR) is 94.5 cm³/mol. The van der Waals surface area contributed by atoms with Crippen LogP contribution in [0.25, 0.3) is 10.9 Å². The summed E-state index contributed by atoms with van der Waals surface area (Å²) in [5.74, 6) is -0.655. The molecule has 130 valence electrons. The first-order valence-corrected chi connectivity index (χ1v) is 7.91. The van der Waals surface area contributed by atoms with Crippen molar-refractivity contribution in [1.82, 2.24) is 19.3 Å². The van der Waals surface area contributed by atoms with Gasteiger partial charge >= 0.3 is 5.97 Å². The molecule has 0 aromatic carbocycles. The van der Waals surface area contributed by atoms with Crippen LogP contribution in [0.3, 0.4) is 0 Å². The zero-order valence-electron chi connectivity index (χ0n) is 13.9. The molecular weight excluding hydrogens is 346 g/mol. The number of carbonyl (C=O) groups excluding carboxylic acids is 1. The van der Waals surface area contributed by atoms with Gasteiger partial charge in [0.15, 0.2) is 10.8 Å². The van der Waals surface area contributed by atoms with Crippen LogP contribution in [0.15, 0.2) is 29.3 Å². The van der Waals surface area contributed by atoms with Crippen LogP contribution in [-0.4, -0.2) is 32.4 Å². The topological polar surface area (TPSA) is 91.0 Å². The summed E-state index contributed by atoms with van der Waals surface area (Å²) in [6.07, 6.45) is 3.51. The maximum atomic E-state index is 12.7. The second kappa shape index (κ2) is 6.56. The number of fused-ring (bicyclic) bond motifs is 1. The van der Waals surface area contributed by atoms with E-state index in [0.29, 0.717) is 23.3 Å². The van der Waals surface area contributed by atoms with E-state index in [0.717, 1.165) is 5.52 Å². The van der Waals surface area contributed by atoms with Gasteiger partial charge in [-0.2, -0.15) is 0 Å². The number of anilines is 2. The van der Waals surface area contributed by atoms with Crippen molar-refractivity contribution in [1.29, 1.82) is 0 Å². The zero-order valence-corrected chi connectivity index (χ0v) is 14.7. The van der Waals surface area contributed by atoms with Crippen molar-refractivity contribution in [3.8, 4) is 0 Å². The van der Waals surface area contributed by atoms with Crippen molar-refractivity contribution in [3.63, 3.8) is 0 Å². The first-order valence-electron chi connectivity index (χ1n) is 7.53. The maximum absolute atomic E-state index is 12.7. The number of halogens is 1. The lowest BCUT2D eigenvalue weighted by Crippen LogP contribution is -2.18. The Kier molecular flexibility index (Phi) is 4.45. The molecule has 0 unspecified atom stereocenters. The van der Waals surface area contributed by atoms with E-state index in [-0.39, 0.29) is 16.4 Å². The lowest BCUT2D eigenvalue weighted by Gasteiger charge is -2.09. The van der Waals surface area contributed by atoms with Gasteiger partial charge in [0.2, 0.25) is 0 Å². The Bertz CT molecular complexity index is 1020. The van der Waals surface area contributed by atoms with E-state index in [9.17, 15) is 9.59 Å². The smallest absolute Gasteiger partial charge is 0.360 e. The summed E-state index contributed by atoms with van der Waals surface area (Å²) in [4.78, 5) is 24.6. The molecule has 0 aliphatic carbocycles. The highest BCUT2D eigenvalue weighted by Crippen LogP contribution is 2.28. The Morgan fingerprint density at radius 2 is 2.12 bits per heavy atom. The molecule has 8 nitrogen and oxygen atoms in total. The van der Waals surface area contributed by atoms with Gasteiger partial charge in [-0.05, 0) is 13.0 Å². The van der Waals surface area contributed by atoms with Crippen molar-refractivity contribution in [3.05, 3.63) is 45.7 Å². The summed E-state index contributed by atoms with van der Waals surface area (Å²) in [5, 5.41) is 11.1. The number of carbonyl (C=O) groups is 1. The number of hydrogen-bond donors (Lipinski definition) is 1. The number of ether oxygens (including phenoxy) is 1. The third kappa shape index (κ3) is 2.96. The van der Waals surface area contributed by atoms with Crippen LogP contribution in [0.1, 0.15) is 17.4 Å². The largest absolute Gasteiger partial charge is 0.464 e. The fourth-order valence-corrected chi connectivity index (χ4v) is 2.79. The fourth-order valence-electron chi connectivity index (χ4n) is 2.64. The Morgan fingerprint density at radius 3 is 2.80 bits per heavy atom. The highest BCUT2D eigenvalue weighted by atomic mass is 35.5. The van der Waals surface area contributed by atoms with Gasteiger partial charge in [0.25, 0.3) is 5.56 Å². The van der Waals surface area contributed by atoms with Crippen LogP contribution in [0.4, 0.5) is 11.4 Å². The number of nitrogens with one attached hydrogen (secondary N) is 1. The van der Waals surface area contributed by atoms with E-state index in [1.165, 1.54) is 13.2 Å². The second-order valence-electron chi connectivity index (χ2n) is 5.37. The number of esters is 1. The van der Waals surface area contributed by atoms with E-state index >= 15 is 0 Å². The highest BCUT2D eigenvalue weighted by molar-refractivity contribution is 6.29. The van der Waals surface area contributed by atoms with Crippen molar-refractivity contribution >= 4 is 39.8 Å². The molecule has 0 saturated carbocycles. The molecule has 3 heterocycles. The van der Waals surface area contributed by atoms with E-state index in [1.807, 2.05) is 24.6 Å². The quantitative estimate of drug-likeness (QED) is 0.717. The molecule has 0 aliphatic rings. The lowest BCUT2D eigenvalue weighted by molar-refractivity contribution is 0.0594. The van der Waals surface area contributed by atoms with Gasteiger partial charge in [-0.15, -0.1) is 10.2 Å². The number of methoxy groups -OCH3 is 1. The van der Waals surface area contributed by atoms with E-state index in [1.54, 1.807) is 17.0 Å². The van der Waals surface area contributed by atoms with Gasteiger partial charge in [-0.1, -0.05) is 11.6 Å². The maximum Gasteiger partial charge on any atom is 0.360 e. The van der Waals surface area contributed by atoms with E-state index in [4.69, 9.17) is 16.3 Å². The van der Waals surface area contributed by atoms with Crippen molar-refractivity contribution in [2.75, 3.05) is 12.4 Å². The molecule has 0 spiro atoms. The van der Waals surface area contributed by atoms with E-state index in [2.05, 4.69) is 15.5 Å². The first-order chi connectivity index (χ1) is 12.0. The molecule has 3 aromatic heterocycles. The number of nitrogens with zero attached hydrogens (tertiary/aromatic N) is 4. The van der Waals surface area contributed by atoms with E-state index < -0.39 is 5.97 Å². The standard InChI is InChI=1S/C16H16ClN5O3/c1-4-22-6-5-11-13(15(22)23)10(8-21(11)2)18-9-7-12(17)19-20-14(9)16(24)25-3/h5-8H,4H2,1-3H3,(H,18,19). The Hall–Kier alpha value is -2.87. The number of pyridine rings is 1. The molecule has 3 rings (SSSR count). The number of rotatable bonds is 4. The molecule has 0 aliphatic heterocycles. The van der Waals surface area contributed by atoms with Gasteiger partial charge in [0, 0.05) is 32.1 Å². The summed E-state index contributed by atoms with van der Waals surface area (Å²) in [6.45, 7) is 2.45. The van der Waals surface area contributed by atoms with Crippen LogP contribution < -0.4 is 10.9 Å².